The van der Waals surface area contributed by atoms with Gasteiger partial charge in [0.15, 0.2) is 0 Å². The SMILES string of the molecule is Cn1cnnc1C1CCCN1CCN1CCCC1=O. The zero-order chi connectivity index (χ0) is 13.2. The number of amides is 1. The first-order valence-electron chi connectivity index (χ1n) is 7.11. The zero-order valence-electron chi connectivity index (χ0n) is 11.5. The van der Waals surface area contributed by atoms with Crippen LogP contribution in [0.3, 0.4) is 0 Å². The second-order valence-corrected chi connectivity index (χ2v) is 5.48. The summed E-state index contributed by atoms with van der Waals surface area (Å²) >= 11 is 0. The number of likely N-dealkylation sites (tertiary alicyclic amines) is 2. The molecule has 2 fully saturated rings. The molecule has 3 rings (SSSR count). The van der Waals surface area contributed by atoms with Crippen LogP contribution in [0.2, 0.25) is 0 Å². The minimum Gasteiger partial charge on any atom is -0.341 e. The van der Waals surface area contributed by atoms with Gasteiger partial charge in [-0.15, -0.1) is 10.2 Å². The fourth-order valence-electron chi connectivity index (χ4n) is 3.17. The summed E-state index contributed by atoms with van der Waals surface area (Å²) in [7, 11) is 2.00. The number of hydrogen-bond acceptors (Lipinski definition) is 4. The van der Waals surface area contributed by atoms with Crippen molar-refractivity contribution < 1.29 is 4.79 Å². The minimum atomic E-state index is 0.314. The summed E-state index contributed by atoms with van der Waals surface area (Å²) in [6.07, 6.45) is 5.85. The maximum Gasteiger partial charge on any atom is 0.222 e. The van der Waals surface area contributed by atoms with Crippen LogP contribution in [-0.2, 0) is 11.8 Å². The molecule has 1 aromatic heterocycles. The molecule has 0 N–H and O–H groups in total. The molecule has 0 bridgehead atoms. The molecule has 2 saturated heterocycles. The van der Waals surface area contributed by atoms with Crippen molar-refractivity contribution in [2.75, 3.05) is 26.2 Å². The molecule has 1 atom stereocenters. The highest BCUT2D eigenvalue weighted by Crippen LogP contribution is 2.29. The van der Waals surface area contributed by atoms with Gasteiger partial charge in [0.25, 0.3) is 0 Å². The third-order valence-electron chi connectivity index (χ3n) is 4.24. The van der Waals surface area contributed by atoms with Crippen molar-refractivity contribution in [3.05, 3.63) is 12.2 Å². The molecule has 0 spiro atoms. The van der Waals surface area contributed by atoms with Gasteiger partial charge in [-0.05, 0) is 25.8 Å². The molecule has 2 aliphatic rings. The van der Waals surface area contributed by atoms with Crippen LogP contribution in [0.5, 0.6) is 0 Å². The molecule has 0 aromatic carbocycles. The van der Waals surface area contributed by atoms with Gasteiger partial charge in [-0.2, -0.15) is 0 Å². The Kier molecular flexibility index (Phi) is 3.50. The van der Waals surface area contributed by atoms with Crippen LogP contribution in [0.15, 0.2) is 6.33 Å². The Bertz CT molecular complexity index is 458. The summed E-state index contributed by atoms with van der Waals surface area (Å²) in [5, 5.41) is 8.21. The van der Waals surface area contributed by atoms with Crippen molar-refractivity contribution in [1.29, 1.82) is 0 Å². The van der Waals surface area contributed by atoms with Crippen LogP contribution in [0.4, 0.5) is 0 Å². The molecule has 1 unspecified atom stereocenters. The molecule has 0 aliphatic carbocycles. The number of hydrogen-bond donors (Lipinski definition) is 0. The number of carbonyl (C=O) groups excluding carboxylic acids is 1. The van der Waals surface area contributed by atoms with Crippen LogP contribution in [0.25, 0.3) is 0 Å². The van der Waals surface area contributed by atoms with Gasteiger partial charge in [0.05, 0.1) is 6.04 Å². The number of aryl methyl sites for hydroxylation is 1. The Morgan fingerprint density at radius 2 is 2.21 bits per heavy atom. The molecular formula is C13H21N5O. The number of carbonyl (C=O) groups is 1. The van der Waals surface area contributed by atoms with Gasteiger partial charge in [-0.25, -0.2) is 0 Å². The van der Waals surface area contributed by atoms with E-state index in [2.05, 4.69) is 15.1 Å². The van der Waals surface area contributed by atoms with Gasteiger partial charge < -0.3 is 9.47 Å². The molecule has 6 nitrogen and oxygen atoms in total. The lowest BCUT2D eigenvalue weighted by atomic mass is 10.2. The Labute approximate surface area is 113 Å². The van der Waals surface area contributed by atoms with E-state index >= 15 is 0 Å². The predicted octanol–water partition coefficient (Wildman–Crippen LogP) is 0.574. The third kappa shape index (κ3) is 2.49. The summed E-state index contributed by atoms with van der Waals surface area (Å²) in [5.41, 5.74) is 0. The fourth-order valence-corrected chi connectivity index (χ4v) is 3.17. The Hall–Kier alpha value is -1.43. The summed E-state index contributed by atoms with van der Waals surface area (Å²) in [5.74, 6) is 1.36. The average molecular weight is 263 g/mol. The lowest BCUT2D eigenvalue weighted by Crippen LogP contribution is -2.36. The first kappa shape index (κ1) is 12.6. The largest absolute Gasteiger partial charge is 0.341 e. The standard InChI is InChI=1S/C13H21N5O/c1-16-10-14-15-13(16)11-4-2-6-17(11)8-9-18-7-3-5-12(18)19/h10-11H,2-9H2,1H3. The third-order valence-corrected chi connectivity index (χ3v) is 4.24. The first-order valence-corrected chi connectivity index (χ1v) is 7.11. The van der Waals surface area contributed by atoms with Gasteiger partial charge in [-0.3, -0.25) is 9.69 Å². The Morgan fingerprint density at radius 3 is 2.89 bits per heavy atom. The minimum absolute atomic E-state index is 0.314. The van der Waals surface area contributed by atoms with Crippen molar-refractivity contribution in [1.82, 2.24) is 24.6 Å². The van der Waals surface area contributed by atoms with E-state index in [-0.39, 0.29) is 0 Å². The smallest absolute Gasteiger partial charge is 0.222 e. The number of aromatic nitrogens is 3. The lowest BCUT2D eigenvalue weighted by molar-refractivity contribution is -0.127. The van der Waals surface area contributed by atoms with E-state index in [1.165, 1.54) is 6.42 Å². The highest BCUT2D eigenvalue weighted by Gasteiger charge is 2.30. The van der Waals surface area contributed by atoms with Crippen LogP contribution in [-0.4, -0.2) is 56.7 Å². The molecule has 104 valence electrons. The second kappa shape index (κ2) is 5.28. The van der Waals surface area contributed by atoms with Crippen molar-refractivity contribution in [3.8, 4) is 0 Å². The second-order valence-electron chi connectivity index (χ2n) is 5.48. The predicted molar refractivity (Wildman–Crippen MR) is 70.4 cm³/mol. The van der Waals surface area contributed by atoms with Gasteiger partial charge in [0.1, 0.15) is 12.2 Å². The van der Waals surface area contributed by atoms with Crippen molar-refractivity contribution in [3.63, 3.8) is 0 Å². The summed E-state index contributed by atoms with van der Waals surface area (Å²) in [4.78, 5) is 16.1. The van der Waals surface area contributed by atoms with Crippen LogP contribution in [0.1, 0.15) is 37.5 Å². The molecule has 6 heteroatoms. The van der Waals surface area contributed by atoms with E-state index in [0.717, 1.165) is 51.3 Å². The molecule has 1 amide bonds. The van der Waals surface area contributed by atoms with Crippen LogP contribution in [0, 0.1) is 0 Å². The molecule has 19 heavy (non-hydrogen) atoms. The lowest BCUT2D eigenvalue weighted by Gasteiger charge is -2.26. The van der Waals surface area contributed by atoms with Gasteiger partial charge in [0.2, 0.25) is 5.91 Å². The fraction of sp³-hybridized carbons (Fsp3) is 0.769. The monoisotopic (exact) mass is 263 g/mol. The molecule has 0 radical (unpaired) electrons. The van der Waals surface area contributed by atoms with E-state index in [0.29, 0.717) is 11.9 Å². The van der Waals surface area contributed by atoms with Crippen molar-refractivity contribution in [2.45, 2.75) is 31.7 Å². The highest BCUT2D eigenvalue weighted by atomic mass is 16.2. The van der Waals surface area contributed by atoms with E-state index in [4.69, 9.17) is 0 Å². The maximum absolute atomic E-state index is 11.6. The topological polar surface area (TPSA) is 54.3 Å². The zero-order valence-corrected chi connectivity index (χ0v) is 11.5. The maximum atomic E-state index is 11.6. The number of nitrogens with zero attached hydrogens (tertiary/aromatic N) is 5. The van der Waals surface area contributed by atoms with Crippen LogP contribution >= 0.6 is 0 Å². The molecule has 3 heterocycles. The summed E-state index contributed by atoms with van der Waals surface area (Å²) < 4.78 is 2.00. The van der Waals surface area contributed by atoms with E-state index in [9.17, 15) is 4.79 Å². The normalized spacial score (nSPS) is 24.6. The number of rotatable bonds is 4. The molecular weight excluding hydrogens is 242 g/mol. The van der Waals surface area contributed by atoms with Crippen LogP contribution < -0.4 is 0 Å². The van der Waals surface area contributed by atoms with E-state index in [1.807, 2.05) is 16.5 Å². The summed E-state index contributed by atoms with van der Waals surface area (Å²) in [6, 6.07) is 0.366. The summed E-state index contributed by atoms with van der Waals surface area (Å²) in [6.45, 7) is 3.83. The van der Waals surface area contributed by atoms with Gasteiger partial charge in [-0.1, -0.05) is 0 Å². The molecule has 2 aliphatic heterocycles. The highest BCUT2D eigenvalue weighted by molar-refractivity contribution is 5.78. The first-order chi connectivity index (χ1) is 9.25. The Balaban J connectivity index is 1.61. The van der Waals surface area contributed by atoms with E-state index in [1.54, 1.807) is 6.33 Å². The van der Waals surface area contributed by atoms with Gasteiger partial charge >= 0.3 is 0 Å². The van der Waals surface area contributed by atoms with Crippen molar-refractivity contribution in [2.24, 2.45) is 7.05 Å². The van der Waals surface area contributed by atoms with Crippen molar-refractivity contribution >= 4 is 5.91 Å². The van der Waals surface area contributed by atoms with E-state index < -0.39 is 0 Å². The molecule has 0 saturated carbocycles. The Morgan fingerprint density at radius 1 is 1.32 bits per heavy atom. The quantitative estimate of drug-likeness (QED) is 0.797. The van der Waals surface area contributed by atoms with Gasteiger partial charge in [0, 0.05) is 33.1 Å². The average Bonchev–Trinajstić information content (AvgIpc) is 3.08. The molecule has 1 aromatic rings.